The van der Waals surface area contributed by atoms with Crippen molar-refractivity contribution >= 4 is 6.21 Å². The van der Waals surface area contributed by atoms with Gasteiger partial charge in [-0.1, -0.05) is 6.08 Å². The van der Waals surface area contributed by atoms with E-state index in [9.17, 15) is 0 Å². The Morgan fingerprint density at radius 2 is 2.17 bits per heavy atom. The van der Waals surface area contributed by atoms with E-state index in [0.717, 1.165) is 5.57 Å². The maximum absolute atomic E-state index is 6.62. The highest BCUT2D eigenvalue weighted by Gasteiger charge is 1.68. The summed E-state index contributed by atoms with van der Waals surface area (Å²) in [4.78, 5) is 0. The van der Waals surface area contributed by atoms with Crippen LogP contribution in [0.2, 0.25) is 0 Å². The topological polar surface area (TPSA) is 23.9 Å². The molecule has 0 amide bonds. The monoisotopic (exact) mass is 83.1 g/mol. The molecule has 0 atom stereocenters. The molecule has 0 aliphatic heterocycles. The fourth-order valence-electron chi connectivity index (χ4n) is 0.0833. The molecule has 0 heterocycles. The van der Waals surface area contributed by atoms with Gasteiger partial charge in [-0.05, 0) is 19.4 Å². The number of allylic oxidation sites excluding steroid dienone is 2. The van der Waals surface area contributed by atoms with Gasteiger partial charge in [-0.2, -0.15) is 0 Å². The van der Waals surface area contributed by atoms with Crippen LogP contribution in [0.25, 0.3) is 0 Å². The van der Waals surface area contributed by atoms with Crippen LogP contribution in [0.15, 0.2) is 11.6 Å². The van der Waals surface area contributed by atoms with Gasteiger partial charge in [0.05, 0.1) is 0 Å². The zero-order valence-electron chi connectivity index (χ0n) is 4.15. The predicted molar refractivity (Wildman–Crippen MR) is 28.2 cm³/mol. The minimum absolute atomic E-state index is 1.01. The van der Waals surface area contributed by atoms with Crippen LogP contribution >= 0.6 is 0 Å². The summed E-state index contributed by atoms with van der Waals surface area (Å²) in [5.41, 5.74) is 1.01. The summed E-state index contributed by atoms with van der Waals surface area (Å²) in [5.74, 6) is 0. The first kappa shape index (κ1) is 5.41. The van der Waals surface area contributed by atoms with Crippen LogP contribution in [0.4, 0.5) is 0 Å². The predicted octanol–water partition coefficient (Wildman–Crippen LogP) is 1.60. The lowest BCUT2D eigenvalue weighted by Crippen LogP contribution is -1.68. The molecule has 0 aromatic carbocycles. The lowest BCUT2D eigenvalue weighted by Gasteiger charge is -1.76. The summed E-state index contributed by atoms with van der Waals surface area (Å²) in [5, 5.41) is 6.62. The van der Waals surface area contributed by atoms with Crippen LogP contribution in [0.5, 0.6) is 0 Å². The molecule has 1 nitrogen and oxygen atoms in total. The van der Waals surface area contributed by atoms with Crippen molar-refractivity contribution in [1.82, 2.24) is 0 Å². The highest BCUT2D eigenvalue weighted by Crippen LogP contribution is 1.80. The fourth-order valence-corrected chi connectivity index (χ4v) is 0.0833. The van der Waals surface area contributed by atoms with Crippen LogP contribution in [0, 0.1) is 5.41 Å². The van der Waals surface area contributed by atoms with Crippen LogP contribution in [0.3, 0.4) is 0 Å². The molecule has 0 saturated heterocycles. The Balaban J connectivity index is 3.50. The highest BCUT2D eigenvalue weighted by molar-refractivity contribution is 5.74. The molecule has 0 aromatic heterocycles. The normalized spacial score (nSPS) is 11.3. The third-order valence-electron chi connectivity index (χ3n) is 0.683. The first-order chi connectivity index (χ1) is 2.81. The van der Waals surface area contributed by atoms with E-state index in [1.165, 1.54) is 6.21 Å². The lowest BCUT2D eigenvalue weighted by molar-refractivity contribution is 1.48. The Hall–Kier alpha value is -0.590. The number of nitrogens with one attached hydrogen (secondary N) is 1. The number of hydrogen-bond donors (Lipinski definition) is 1. The molecule has 0 rings (SSSR count). The Bertz CT molecular complexity index is 72.0. The van der Waals surface area contributed by atoms with Gasteiger partial charge in [0.15, 0.2) is 0 Å². The maximum Gasteiger partial charge on any atom is 0.0203 e. The zero-order valence-corrected chi connectivity index (χ0v) is 4.15. The maximum atomic E-state index is 6.62. The molecule has 0 aliphatic carbocycles. The summed E-state index contributed by atoms with van der Waals surface area (Å²) >= 11 is 0. The smallest absolute Gasteiger partial charge is 0.0203 e. The van der Waals surface area contributed by atoms with Gasteiger partial charge in [0.2, 0.25) is 0 Å². The van der Waals surface area contributed by atoms with E-state index in [4.69, 9.17) is 5.41 Å². The molecule has 34 valence electrons. The zero-order chi connectivity index (χ0) is 4.99. The molecular weight excluding hydrogens is 74.1 g/mol. The van der Waals surface area contributed by atoms with Crippen LogP contribution in [0.1, 0.15) is 13.8 Å². The average Bonchev–Trinajstić information content (AvgIpc) is 1.65. The number of rotatable bonds is 1. The first-order valence-corrected chi connectivity index (χ1v) is 1.94. The second-order valence-electron chi connectivity index (χ2n) is 1.18. The minimum atomic E-state index is 1.01. The van der Waals surface area contributed by atoms with Crippen molar-refractivity contribution in [2.24, 2.45) is 0 Å². The minimum Gasteiger partial charge on any atom is -0.308 e. The summed E-state index contributed by atoms with van der Waals surface area (Å²) < 4.78 is 0. The van der Waals surface area contributed by atoms with E-state index < -0.39 is 0 Å². The van der Waals surface area contributed by atoms with Gasteiger partial charge in [-0.15, -0.1) is 0 Å². The van der Waals surface area contributed by atoms with Crippen molar-refractivity contribution in [3.8, 4) is 0 Å². The van der Waals surface area contributed by atoms with Crippen molar-refractivity contribution < 1.29 is 0 Å². The molecule has 0 bridgehead atoms. The highest BCUT2D eigenvalue weighted by atomic mass is 14.3. The van der Waals surface area contributed by atoms with Gasteiger partial charge in [-0.3, -0.25) is 0 Å². The largest absolute Gasteiger partial charge is 0.308 e. The van der Waals surface area contributed by atoms with Crippen molar-refractivity contribution in [2.75, 3.05) is 0 Å². The summed E-state index contributed by atoms with van der Waals surface area (Å²) in [6.07, 6.45) is 3.23. The summed E-state index contributed by atoms with van der Waals surface area (Å²) in [6.45, 7) is 3.81. The van der Waals surface area contributed by atoms with Crippen LogP contribution < -0.4 is 0 Å². The molecular formula is C5H9N. The molecule has 0 aliphatic rings. The molecule has 0 fully saturated rings. The molecule has 0 radical (unpaired) electrons. The third-order valence-corrected chi connectivity index (χ3v) is 0.683. The molecule has 0 unspecified atom stereocenters. The molecule has 0 aromatic rings. The van der Waals surface area contributed by atoms with Gasteiger partial charge in [0.1, 0.15) is 0 Å². The Morgan fingerprint density at radius 1 is 1.67 bits per heavy atom. The Labute approximate surface area is 38.2 Å². The van der Waals surface area contributed by atoms with E-state index in [1.807, 2.05) is 19.9 Å². The van der Waals surface area contributed by atoms with Crippen molar-refractivity contribution in [3.63, 3.8) is 0 Å². The van der Waals surface area contributed by atoms with E-state index in [2.05, 4.69) is 0 Å². The van der Waals surface area contributed by atoms with Gasteiger partial charge in [-0.25, -0.2) is 0 Å². The van der Waals surface area contributed by atoms with Gasteiger partial charge >= 0.3 is 0 Å². The SMILES string of the molecule is C/C=C(/C)C=N. The van der Waals surface area contributed by atoms with Gasteiger partial charge in [0.25, 0.3) is 0 Å². The quantitative estimate of drug-likeness (QED) is 0.465. The Morgan fingerprint density at radius 3 is 2.17 bits per heavy atom. The van der Waals surface area contributed by atoms with Crippen molar-refractivity contribution in [1.29, 1.82) is 5.41 Å². The fraction of sp³-hybridized carbons (Fsp3) is 0.400. The molecule has 1 heteroatoms. The Kier molecular flexibility index (Phi) is 2.38. The molecule has 0 saturated carbocycles. The number of hydrogen-bond acceptors (Lipinski definition) is 1. The third kappa shape index (κ3) is 1.70. The van der Waals surface area contributed by atoms with E-state index in [-0.39, 0.29) is 0 Å². The molecule has 0 spiro atoms. The van der Waals surface area contributed by atoms with Gasteiger partial charge in [0, 0.05) is 6.21 Å². The second kappa shape index (κ2) is 2.64. The first-order valence-electron chi connectivity index (χ1n) is 1.94. The van der Waals surface area contributed by atoms with Crippen LogP contribution in [-0.4, -0.2) is 6.21 Å². The van der Waals surface area contributed by atoms with E-state index in [0.29, 0.717) is 0 Å². The summed E-state index contributed by atoms with van der Waals surface area (Å²) in [7, 11) is 0. The van der Waals surface area contributed by atoms with E-state index >= 15 is 0 Å². The lowest BCUT2D eigenvalue weighted by atomic mass is 10.3. The summed E-state index contributed by atoms with van der Waals surface area (Å²) in [6, 6.07) is 0. The van der Waals surface area contributed by atoms with Gasteiger partial charge < -0.3 is 5.41 Å². The molecule has 1 N–H and O–H groups in total. The standard InChI is InChI=1S/C5H9N/c1-3-5(2)4-6/h3-4,6H,1-2H3/b5-3-,6-4?. The van der Waals surface area contributed by atoms with Crippen molar-refractivity contribution in [2.45, 2.75) is 13.8 Å². The second-order valence-corrected chi connectivity index (χ2v) is 1.18. The van der Waals surface area contributed by atoms with Crippen molar-refractivity contribution in [3.05, 3.63) is 11.6 Å². The van der Waals surface area contributed by atoms with Crippen LogP contribution in [-0.2, 0) is 0 Å². The average molecular weight is 83.1 g/mol. The molecule has 6 heavy (non-hydrogen) atoms. The van der Waals surface area contributed by atoms with E-state index in [1.54, 1.807) is 0 Å².